The molecule has 1 aliphatic rings. The minimum Gasteiger partial charge on any atom is -0.462 e. The van der Waals surface area contributed by atoms with Crippen molar-refractivity contribution >= 4 is 0 Å². The maximum atomic E-state index is 14.3. The summed E-state index contributed by atoms with van der Waals surface area (Å²) in [6.45, 7) is 1.19. The maximum Gasteiger partial charge on any atom is 0.129 e. The highest BCUT2D eigenvalue weighted by molar-refractivity contribution is 5.24. The smallest absolute Gasteiger partial charge is 0.129 e. The topological polar surface area (TPSA) is 68.9 Å². The normalized spacial score (nSPS) is 24.1. The van der Waals surface area contributed by atoms with E-state index in [1.807, 2.05) is 25.2 Å². The van der Waals surface area contributed by atoms with Crippen LogP contribution in [0.25, 0.3) is 0 Å². The highest BCUT2D eigenvalue weighted by Gasteiger charge is 2.40. The van der Waals surface area contributed by atoms with Gasteiger partial charge in [0, 0.05) is 24.2 Å². The zero-order valence-electron chi connectivity index (χ0n) is 14.4. The molecular weight excluding hydrogens is 323 g/mol. The van der Waals surface area contributed by atoms with Crippen LogP contribution in [0.5, 0.6) is 0 Å². The van der Waals surface area contributed by atoms with Gasteiger partial charge < -0.3 is 19.9 Å². The summed E-state index contributed by atoms with van der Waals surface area (Å²) in [6, 6.07) is 10.4. The number of nitrogens with one attached hydrogen (secondary N) is 1. The molecule has 1 aromatic heterocycles. The van der Waals surface area contributed by atoms with Crippen LogP contribution in [0.3, 0.4) is 0 Å². The van der Waals surface area contributed by atoms with E-state index in [0.717, 1.165) is 12.2 Å². The second kappa shape index (κ2) is 8.10. The van der Waals surface area contributed by atoms with Gasteiger partial charge in [0.2, 0.25) is 0 Å². The first-order chi connectivity index (χ1) is 12.1. The molecule has 6 heteroatoms. The Kier molecular flexibility index (Phi) is 5.86. The Morgan fingerprint density at radius 1 is 1.20 bits per heavy atom. The summed E-state index contributed by atoms with van der Waals surface area (Å²) >= 11 is 0. The number of hydrogen-bond donors (Lipinski definition) is 3. The average Bonchev–Trinajstić information content (AvgIpc) is 3.20. The molecule has 1 saturated heterocycles. The molecule has 0 saturated carbocycles. The minimum absolute atomic E-state index is 0.0287. The van der Waals surface area contributed by atoms with Gasteiger partial charge in [-0.1, -0.05) is 18.2 Å². The Hall–Kier alpha value is -1.73. The highest BCUT2D eigenvalue weighted by atomic mass is 19.1. The Bertz CT molecular complexity index is 691. The molecule has 2 heterocycles. The molecule has 25 heavy (non-hydrogen) atoms. The molecule has 0 spiro atoms. The SMILES string of the molecule is CN1[C@H](CO)C[C@H](CNCc2ccc(CO)o2)[C@@H]1c1ccccc1F. The van der Waals surface area contributed by atoms with Crippen molar-refractivity contribution < 1.29 is 19.0 Å². The van der Waals surface area contributed by atoms with E-state index in [9.17, 15) is 9.50 Å². The lowest BCUT2D eigenvalue weighted by molar-refractivity contribution is 0.151. The van der Waals surface area contributed by atoms with Gasteiger partial charge in [-0.3, -0.25) is 4.90 Å². The average molecular weight is 348 g/mol. The second-order valence-corrected chi connectivity index (χ2v) is 6.62. The molecular formula is C19H25FN2O3. The zero-order valence-corrected chi connectivity index (χ0v) is 14.4. The van der Waals surface area contributed by atoms with Crippen molar-refractivity contribution in [2.24, 2.45) is 5.92 Å². The van der Waals surface area contributed by atoms with Crippen LogP contribution in [0.1, 0.15) is 29.5 Å². The molecule has 5 nitrogen and oxygen atoms in total. The van der Waals surface area contributed by atoms with Crippen LogP contribution in [0.4, 0.5) is 4.39 Å². The van der Waals surface area contributed by atoms with E-state index in [0.29, 0.717) is 24.4 Å². The van der Waals surface area contributed by atoms with Gasteiger partial charge in [0.05, 0.1) is 13.2 Å². The third-order valence-electron chi connectivity index (χ3n) is 5.05. The van der Waals surface area contributed by atoms with Crippen LogP contribution in [-0.2, 0) is 13.2 Å². The largest absolute Gasteiger partial charge is 0.462 e. The van der Waals surface area contributed by atoms with Gasteiger partial charge in [-0.25, -0.2) is 4.39 Å². The highest BCUT2D eigenvalue weighted by Crippen LogP contribution is 2.40. The molecule has 3 N–H and O–H groups in total. The number of hydrogen-bond acceptors (Lipinski definition) is 5. The number of halogens is 1. The van der Waals surface area contributed by atoms with Crippen molar-refractivity contribution in [2.45, 2.75) is 31.7 Å². The molecule has 136 valence electrons. The van der Waals surface area contributed by atoms with Crippen molar-refractivity contribution in [2.75, 3.05) is 20.2 Å². The molecule has 1 aliphatic heterocycles. The van der Waals surface area contributed by atoms with Gasteiger partial charge in [-0.05, 0) is 37.6 Å². The van der Waals surface area contributed by atoms with Crippen molar-refractivity contribution in [3.8, 4) is 0 Å². The van der Waals surface area contributed by atoms with Crippen molar-refractivity contribution in [1.29, 1.82) is 0 Å². The lowest BCUT2D eigenvalue weighted by atomic mass is 9.92. The van der Waals surface area contributed by atoms with E-state index < -0.39 is 0 Å². The summed E-state index contributed by atoms with van der Waals surface area (Å²) < 4.78 is 19.8. The molecule has 0 bridgehead atoms. The van der Waals surface area contributed by atoms with Crippen LogP contribution in [0.2, 0.25) is 0 Å². The second-order valence-electron chi connectivity index (χ2n) is 6.62. The van der Waals surface area contributed by atoms with Gasteiger partial charge in [0.15, 0.2) is 0 Å². The van der Waals surface area contributed by atoms with E-state index in [2.05, 4.69) is 10.2 Å². The summed E-state index contributed by atoms with van der Waals surface area (Å²) in [7, 11) is 1.94. The molecule has 2 aromatic rings. The summed E-state index contributed by atoms with van der Waals surface area (Å²) in [5, 5.41) is 22.0. The number of aliphatic hydroxyl groups excluding tert-OH is 2. The fourth-order valence-electron chi connectivity index (χ4n) is 3.77. The van der Waals surface area contributed by atoms with Crippen LogP contribution in [0.15, 0.2) is 40.8 Å². The summed E-state index contributed by atoms with van der Waals surface area (Å²) in [6.07, 6.45) is 0.805. The Labute approximate surface area is 147 Å². The molecule has 1 aromatic carbocycles. The number of benzene rings is 1. The number of likely N-dealkylation sites (tertiary alicyclic amines) is 1. The molecule has 0 amide bonds. The van der Waals surface area contributed by atoms with Crippen LogP contribution >= 0.6 is 0 Å². The van der Waals surface area contributed by atoms with E-state index in [-0.39, 0.29) is 37.0 Å². The molecule has 3 atom stereocenters. The number of nitrogens with zero attached hydrogens (tertiary/aromatic N) is 1. The predicted octanol–water partition coefficient (Wildman–Crippen LogP) is 2.05. The van der Waals surface area contributed by atoms with Gasteiger partial charge in [0.25, 0.3) is 0 Å². The molecule has 3 rings (SSSR count). The van der Waals surface area contributed by atoms with Gasteiger partial charge in [-0.15, -0.1) is 0 Å². The Morgan fingerprint density at radius 2 is 1.96 bits per heavy atom. The van der Waals surface area contributed by atoms with Crippen molar-refractivity contribution in [1.82, 2.24) is 10.2 Å². The van der Waals surface area contributed by atoms with E-state index in [4.69, 9.17) is 9.52 Å². The summed E-state index contributed by atoms with van der Waals surface area (Å²) in [5.74, 6) is 1.28. The quantitative estimate of drug-likeness (QED) is 0.715. The molecule has 0 radical (unpaired) electrons. The first-order valence-corrected chi connectivity index (χ1v) is 8.60. The first kappa shape index (κ1) is 18.1. The summed E-state index contributed by atoms with van der Waals surface area (Å²) in [5.41, 5.74) is 0.674. The van der Waals surface area contributed by atoms with Crippen LogP contribution in [-0.4, -0.2) is 41.4 Å². The van der Waals surface area contributed by atoms with E-state index in [1.54, 1.807) is 12.1 Å². The monoisotopic (exact) mass is 348 g/mol. The number of likely N-dealkylation sites (N-methyl/N-ethyl adjacent to an activating group) is 1. The molecule has 1 fully saturated rings. The minimum atomic E-state index is -0.207. The lowest BCUT2D eigenvalue weighted by Gasteiger charge is -2.28. The van der Waals surface area contributed by atoms with Crippen LogP contribution < -0.4 is 5.32 Å². The standard InChI is InChI=1S/C19H25FN2O3/c1-22-14(11-23)8-13(19(22)17-4-2-3-5-18(17)20)9-21-10-15-6-7-16(12-24)25-15/h2-7,13-14,19,21,23-24H,8-12H2,1H3/t13-,14+,19-/m1/s1. The number of furan rings is 1. The van der Waals surface area contributed by atoms with E-state index >= 15 is 0 Å². The Balaban J connectivity index is 1.68. The van der Waals surface area contributed by atoms with Gasteiger partial charge in [0.1, 0.15) is 23.9 Å². The summed E-state index contributed by atoms with van der Waals surface area (Å²) in [4.78, 5) is 2.07. The molecule has 0 aliphatic carbocycles. The van der Waals surface area contributed by atoms with E-state index in [1.165, 1.54) is 6.07 Å². The third-order valence-corrected chi connectivity index (χ3v) is 5.05. The Morgan fingerprint density at radius 3 is 2.64 bits per heavy atom. The predicted molar refractivity (Wildman–Crippen MR) is 92.2 cm³/mol. The van der Waals surface area contributed by atoms with Gasteiger partial charge >= 0.3 is 0 Å². The maximum absolute atomic E-state index is 14.3. The van der Waals surface area contributed by atoms with Gasteiger partial charge in [-0.2, -0.15) is 0 Å². The number of aliphatic hydroxyl groups is 2. The number of rotatable bonds is 7. The van der Waals surface area contributed by atoms with Crippen LogP contribution in [0, 0.1) is 11.7 Å². The van der Waals surface area contributed by atoms with Crippen molar-refractivity contribution in [3.05, 3.63) is 59.3 Å². The fraction of sp³-hybridized carbons (Fsp3) is 0.474. The lowest BCUT2D eigenvalue weighted by Crippen LogP contribution is -2.32. The first-order valence-electron chi connectivity index (χ1n) is 8.60. The zero-order chi connectivity index (χ0) is 17.8. The van der Waals surface area contributed by atoms with Crippen molar-refractivity contribution in [3.63, 3.8) is 0 Å². The third kappa shape index (κ3) is 3.93. The fourth-order valence-corrected chi connectivity index (χ4v) is 3.77. The molecule has 0 unspecified atom stereocenters.